The van der Waals surface area contributed by atoms with Crippen LogP contribution in [0, 0.1) is 0 Å². The van der Waals surface area contributed by atoms with Gasteiger partial charge in [-0.3, -0.25) is 4.90 Å². The minimum absolute atomic E-state index is 0.246. The zero-order chi connectivity index (χ0) is 14.9. The number of aliphatic hydroxyl groups is 1. The lowest BCUT2D eigenvalue weighted by molar-refractivity contribution is 0.185. The molecule has 0 radical (unpaired) electrons. The van der Waals surface area contributed by atoms with Crippen LogP contribution in [0.15, 0.2) is 24.3 Å². The Morgan fingerprint density at radius 1 is 1.14 bits per heavy atom. The van der Waals surface area contributed by atoms with Crippen LogP contribution in [0.2, 0.25) is 0 Å². The molecule has 0 aliphatic carbocycles. The van der Waals surface area contributed by atoms with E-state index in [9.17, 15) is 5.11 Å². The summed E-state index contributed by atoms with van der Waals surface area (Å²) in [4.78, 5) is 2.49. The predicted molar refractivity (Wildman–Crippen MR) is 86.7 cm³/mol. The highest BCUT2D eigenvalue weighted by atomic mass is 16.5. The molecule has 1 aromatic carbocycles. The van der Waals surface area contributed by atoms with Crippen LogP contribution in [0.1, 0.15) is 57.1 Å². The standard InChI is InChI=1S/C18H29NO2/c1-2-3-6-15-21-17-9-7-16(8-10-17)18(11-14-20)19-12-4-5-13-19/h7-10,18,20H,2-6,11-15H2,1H3. The summed E-state index contributed by atoms with van der Waals surface area (Å²) in [5.74, 6) is 0.957. The summed E-state index contributed by atoms with van der Waals surface area (Å²) in [5.41, 5.74) is 1.30. The van der Waals surface area contributed by atoms with Crippen LogP contribution in [-0.4, -0.2) is 36.3 Å². The summed E-state index contributed by atoms with van der Waals surface area (Å²) in [5, 5.41) is 9.33. The molecule has 1 unspecified atom stereocenters. The molecule has 1 aliphatic rings. The van der Waals surface area contributed by atoms with Gasteiger partial charge in [-0.05, 0) is 56.5 Å². The minimum atomic E-state index is 0.246. The van der Waals surface area contributed by atoms with Crippen LogP contribution in [0.3, 0.4) is 0 Å². The largest absolute Gasteiger partial charge is 0.494 e. The van der Waals surface area contributed by atoms with Crippen molar-refractivity contribution >= 4 is 0 Å². The molecule has 1 N–H and O–H groups in total. The second-order valence-corrected chi connectivity index (χ2v) is 5.90. The Morgan fingerprint density at radius 2 is 1.86 bits per heavy atom. The zero-order valence-electron chi connectivity index (χ0n) is 13.3. The lowest BCUT2D eigenvalue weighted by Gasteiger charge is -2.27. The SMILES string of the molecule is CCCCCOc1ccc(C(CCO)N2CCCC2)cc1. The first-order valence-electron chi connectivity index (χ1n) is 8.43. The Morgan fingerprint density at radius 3 is 2.48 bits per heavy atom. The van der Waals surface area contributed by atoms with Gasteiger partial charge >= 0.3 is 0 Å². The van der Waals surface area contributed by atoms with Crippen molar-refractivity contribution in [3.63, 3.8) is 0 Å². The summed E-state index contributed by atoms with van der Waals surface area (Å²) in [7, 11) is 0. The molecule has 1 aliphatic heterocycles. The van der Waals surface area contributed by atoms with E-state index in [2.05, 4.69) is 36.1 Å². The van der Waals surface area contributed by atoms with Gasteiger partial charge < -0.3 is 9.84 Å². The second-order valence-electron chi connectivity index (χ2n) is 5.90. The fraction of sp³-hybridized carbons (Fsp3) is 0.667. The maximum absolute atomic E-state index is 9.33. The average molecular weight is 291 g/mol. The van der Waals surface area contributed by atoms with Crippen molar-refractivity contribution in [3.05, 3.63) is 29.8 Å². The number of ether oxygens (including phenoxy) is 1. The smallest absolute Gasteiger partial charge is 0.119 e. The first kappa shape index (κ1) is 16.3. The van der Waals surface area contributed by atoms with Crippen molar-refractivity contribution < 1.29 is 9.84 Å². The summed E-state index contributed by atoms with van der Waals surface area (Å²) < 4.78 is 5.77. The van der Waals surface area contributed by atoms with E-state index >= 15 is 0 Å². The number of benzene rings is 1. The van der Waals surface area contributed by atoms with Gasteiger partial charge in [0.25, 0.3) is 0 Å². The third-order valence-electron chi connectivity index (χ3n) is 4.27. The van der Waals surface area contributed by atoms with Crippen LogP contribution in [0.5, 0.6) is 5.75 Å². The maximum atomic E-state index is 9.33. The topological polar surface area (TPSA) is 32.7 Å². The minimum Gasteiger partial charge on any atom is -0.494 e. The van der Waals surface area contributed by atoms with Gasteiger partial charge in [0.15, 0.2) is 0 Å². The summed E-state index contributed by atoms with van der Waals surface area (Å²) in [6.07, 6.45) is 6.95. The third kappa shape index (κ3) is 5.01. The Hall–Kier alpha value is -1.06. The number of likely N-dealkylation sites (tertiary alicyclic amines) is 1. The molecule has 1 aromatic rings. The highest BCUT2D eigenvalue weighted by molar-refractivity contribution is 5.29. The Kier molecular flexibility index (Phi) is 7.04. The van der Waals surface area contributed by atoms with Crippen LogP contribution in [-0.2, 0) is 0 Å². The van der Waals surface area contributed by atoms with E-state index in [0.29, 0.717) is 6.04 Å². The Bertz CT molecular complexity index is 385. The molecule has 1 fully saturated rings. The average Bonchev–Trinajstić information content (AvgIpc) is 3.04. The molecule has 0 aromatic heterocycles. The monoisotopic (exact) mass is 291 g/mol. The van der Waals surface area contributed by atoms with Crippen molar-refractivity contribution in [1.29, 1.82) is 0 Å². The molecule has 0 amide bonds. The highest BCUT2D eigenvalue weighted by Gasteiger charge is 2.22. The fourth-order valence-corrected chi connectivity index (χ4v) is 3.06. The van der Waals surface area contributed by atoms with E-state index < -0.39 is 0 Å². The van der Waals surface area contributed by atoms with Crippen LogP contribution in [0.25, 0.3) is 0 Å². The molecule has 0 spiro atoms. The fourth-order valence-electron chi connectivity index (χ4n) is 3.06. The lowest BCUT2D eigenvalue weighted by atomic mass is 10.0. The van der Waals surface area contributed by atoms with E-state index in [1.165, 1.54) is 31.2 Å². The summed E-state index contributed by atoms with van der Waals surface area (Å²) in [6.45, 7) is 5.56. The molecule has 1 heterocycles. The molecule has 3 nitrogen and oxygen atoms in total. The van der Waals surface area contributed by atoms with E-state index in [-0.39, 0.29) is 6.61 Å². The normalized spacial score (nSPS) is 17.0. The first-order valence-corrected chi connectivity index (χ1v) is 8.43. The summed E-state index contributed by atoms with van der Waals surface area (Å²) in [6, 6.07) is 8.82. The van der Waals surface area contributed by atoms with Crippen LogP contribution >= 0.6 is 0 Å². The van der Waals surface area contributed by atoms with Gasteiger partial charge in [-0.25, -0.2) is 0 Å². The zero-order valence-corrected chi connectivity index (χ0v) is 13.3. The molecule has 1 atom stereocenters. The number of hydrogen-bond acceptors (Lipinski definition) is 3. The van der Waals surface area contributed by atoms with Crippen LogP contribution in [0.4, 0.5) is 0 Å². The van der Waals surface area contributed by atoms with E-state index in [0.717, 1.165) is 38.3 Å². The number of aliphatic hydroxyl groups excluding tert-OH is 1. The van der Waals surface area contributed by atoms with Gasteiger partial charge in [-0.15, -0.1) is 0 Å². The number of unbranched alkanes of at least 4 members (excludes halogenated alkanes) is 2. The van der Waals surface area contributed by atoms with Crippen molar-refractivity contribution in [2.24, 2.45) is 0 Å². The van der Waals surface area contributed by atoms with Gasteiger partial charge in [0.1, 0.15) is 5.75 Å². The molecule has 2 rings (SSSR count). The predicted octanol–water partition coefficient (Wildman–Crippen LogP) is 3.77. The highest BCUT2D eigenvalue weighted by Crippen LogP contribution is 2.29. The molecule has 3 heteroatoms. The van der Waals surface area contributed by atoms with Crippen molar-refractivity contribution in [1.82, 2.24) is 4.90 Å². The molecule has 0 bridgehead atoms. The first-order chi connectivity index (χ1) is 10.3. The van der Waals surface area contributed by atoms with Gasteiger partial charge in [0, 0.05) is 12.6 Å². The van der Waals surface area contributed by atoms with Gasteiger partial charge in [-0.2, -0.15) is 0 Å². The second kappa shape index (κ2) is 9.06. The molecule has 118 valence electrons. The Balaban J connectivity index is 1.91. The number of hydrogen-bond donors (Lipinski definition) is 1. The van der Waals surface area contributed by atoms with Crippen molar-refractivity contribution in [2.75, 3.05) is 26.3 Å². The van der Waals surface area contributed by atoms with Gasteiger partial charge in [-0.1, -0.05) is 31.9 Å². The van der Waals surface area contributed by atoms with E-state index in [1.807, 2.05) is 0 Å². The molecule has 0 saturated carbocycles. The van der Waals surface area contributed by atoms with E-state index in [1.54, 1.807) is 0 Å². The molecule has 1 saturated heterocycles. The Labute approximate surface area is 128 Å². The number of rotatable bonds is 9. The lowest BCUT2D eigenvalue weighted by Crippen LogP contribution is -2.26. The van der Waals surface area contributed by atoms with Crippen molar-refractivity contribution in [2.45, 2.75) is 51.5 Å². The van der Waals surface area contributed by atoms with Gasteiger partial charge in [0.05, 0.1) is 6.61 Å². The van der Waals surface area contributed by atoms with Gasteiger partial charge in [0.2, 0.25) is 0 Å². The van der Waals surface area contributed by atoms with E-state index in [4.69, 9.17) is 4.74 Å². The van der Waals surface area contributed by atoms with Crippen LogP contribution < -0.4 is 4.74 Å². The maximum Gasteiger partial charge on any atom is 0.119 e. The summed E-state index contributed by atoms with van der Waals surface area (Å²) >= 11 is 0. The van der Waals surface area contributed by atoms with Crippen molar-refractivity contribution in [3.8, 4) is 5.75 Å². The molecular weight excluding hydrogens is 262 g/mol. The molecular formula is C18H29NO2. The third-order valence-corrected chi connectivity index (χ3v) is 4.27. The number of nitrogens with zero attached hydrogens (tertiary/aromatic N) is 1. The molecule has 21 heavy (non-hydrogen) atoms. The quantitative estimate of drug-likeness (QED) is 0.703.